The van der Waals surface area contributed by atoms with Gasteiger partial charge in [-0.1, -0.05) is 11.6 Å². The van der Waals surface area contributed by atoms with Crippen LogP contribution in [0.2, 0.25) is 4.34 Å². The first-order valence-electron chi connectivity index (χ1n) is 4.87. The Hall–Kier alpha value is -0.290. The van der Waals surface area contributed by atoms with Gasteiger partial charge in [0.05, 0.1) is 12.3 Å². The van der Waals surface area contributed by atoms with Crippen molar-refractivity contribution in [2.24, 2.45) is 0 Å². The summed E-state index contributed by atoms with van der Waals surface area (Å²) in [6.07, 6.45) is 1.69. The Labute approximate surface area is 112 Å². The molecule has 2 heterocycles. The van der Waals surface area contributed by atoms with Crippen molar-refractivity contribution in [3.05, 3.63) is 43.9 Å². The van der Waals surface area contributed by atoms with Crippen molar-refractivity contribution in [1.29, 1.82) is 0 Å². The Morgan fingerprint density at radius 3 is 3.00 bits per heavy atom. The molecule has 0 aliphatic rings. The van der Waals surface area contributed by atoms with Crippen molar-refractivity contribution in [3.63, 3.8) is 0 Å². The van der Waals surface area contributed by atoms with E-state index in [4.69, 9.17) is 16.0 Å². The Bertz CT molecular complexity index is 435. The number of rotatable bonds is 4. The molecule has 2 aromatic rings. The highest BCUT2D eigenvalue weighted by molar-refractivity contribution is 9.10. The maximum Gasteiger partial charge on any atom is 0.120 e. The van der Waals surface area contributed by atoms with Crippen LogP contribution >= 0.6 is 38.9 Å². The minimum Gasteiger partial charge on any atom is -0.468 e. The molecule has 0 bridgehead atoms. The molecule has 5 heteroatoms. The van der Waals surface area contributed by atoms with Gasteiger partial charge in [-0.15, -0.1) is 11.3 Å². The minimum atomic E-state index is 0.203. The second kappa shape index (κ2) is 5.36. The lowest BCUT2D eigenvalue weighted by molar-refractivity contribution is 0.431. The van der Waals surface area contributed by atoms with E-state index in [1.807, 2.05) is 18.2 Å². The number of halogens is 2. The largest absolute Gasteiger partial charge is 0.468 e. The van der Waals surface area contributed by atoms with E-state index in [2.05, 4.69) is 28.2 Å². The third-order valence-electron chi connectivity index (χ3n) is 2.25. The zero-order valence-corrected chi connectivity index (χ0v) is 11.8. The molecule has 0 saturated carbocycles. The average Bonchev–Trinajstić information content (AvgIpc) is 2.86. The van der Waals surface area contributed by atoms with E-state index in [9.17, 15) is 0 Å². The van der Waals surface area contributed by atoms with Crippen LogP contribution in [0.4, 0.5) is 0 Å². The van der Waals surface area contributed by atoms with Crippen molar-refractivity contribution in [2.45, 2.75) is 19.5 Å². The van der Waals surface area contributed by atoms with E-state index in [1.165, 1.54) is 4.88 Å². The molecule has 1 N–H and O–H groups in total. The molecule has 16 heavy (non-hydrogen) atoms. The van der Waals surface area contributed by atoms with Gasteiger partial charge < -0.3 is 9.73 Å². The number of thiophene rings is 1. The Balaban J connectivity index is 1.92. The van der Waals surface area contributed by atoms with Gasteiger partial charge in [0.2, 0.25) is 0 Å². The monoisotopic (exact) mass is 319 g/mol. The Morgan fingerprint density at radius 1 is 1.62 bits per heavy atom. The van der Waals surface area contributed by atoms with Gasteiger partial charge in [0.1, 0.15) is 10.1 Å². The van der Waals surface area contributed by atoms with E-state index in [1.54, 1.807) is 17.6 Å². The summed E-state index contributed by atoms with van der Waals surface area (Å²) in [6, 6.07) is 6.10. The van der Waals surface area contributed by atoms with E-state index in [0.717, 1.165) is 21.1 Å². The number of hydrogen-bond donors (Lipinski definition) is 1. The zero-order valence-electron chi connectivity index (χ0n) is 8.67. The van der Waals surface area contributed by atoms with Crippen LogP contribution in [0.3, 0.4) is 0 Å². The van der Waals surface area contributed by atoms with Crippen molar-refractivity contribution < 1.29 is 4.42 Å². The van der Waals surface area contributed by atoms with E-state index in [-0.39, 0.29) is 6.04 Å². The van der Waals surface area contributed by atoms with Crippen LogP contribution in [-0.4, -0.2) is 0 Å². The first-order chi connectivity index (χ1) is 7.66. The summed E-state index contributed by atoms with van der Waals surface area (Å²) in [5.74, 6) is 0.946. The molecule has 1 atom stereocenters. The Kier molecular flexibility index (Phi) is 4.08. The van der Waals surface area contributed by atoms with Crippen LogP contribution in [0, 0.1) is 0 Å². The summed E-state index contributed by atoms with van der Waals surface area (Å²) in [5, 5.41) is 3.38. The highest BCUT2D eigenvalue weighted by atomic mass is 79.9. The first-order valence-corrected chi connectivity index (χ1v) is 6.86. The highest BCUT2D eigenvalue weighted by Crippen LogP contribution is 2.32. The predicted octanol–water partition coefficient (Wildman–Crippen LogP) is 4.61. The van der Waals surface area contributed by atoms with Crippen LogP contribution in [0.5, 0.6) is 0 Å². The van der Waals surface area contributed by atoms with Gasteiger partial charge in [-0.2, -0.15) is 0 Å². The topological polar surface area (TPSA) is 25.2 Å². The third kappa shape index (κ3) is 2.88. The van der Waals surface area contributed by atoms with Gasteiger partial charge >= 0.3 is 0 Å². The van der Waals surface area contributed by atoms with Crippen molar-refractivity contribution in [3.8, 4) is 0 Å². The quantitative estimate of drug-likeness (QED) is 0.890. The molecule has 0 unspecified atom stereocenters. The van der Waals surface area contributed by atoms with Crippen LogP contribution < -0.4 is 5.32 Å². The van der Waals surface area contributed by atoms with Gasteiger partial charge in [0.25, 0.3) is 0 Å². The molecule has 0 aromatic carbocycles. The molecular formula is C11H11BrClNOS. The molecular weight excluding hydrogens is 310 g/mol. The third-order valence-corrected chi connectivity index (χ3v) is 4.72. The van der Waals surface area contributed by atoms with Crippen LogP contribution in [0.1, 0.15) is 23.6 Å². The van der Waals surface area contributed by atoms with Gasteiger partial charge in [-0.3, -0.25) is 0 Å². The van der Waals surface area contributed by atoms with Gasteiger partial charge in [-0.05, 0) is 41.1 Å². The summed E-state index contributed by atoms with van der Waals surface area (Å²) in [4.78, 5) is 1.20. The zero-order chi connectivity index (χ0) is 11.5. The molecule has 86 valence electrons. The number of furan rings is 1. The maximum absolute atomic E-state index is 5.97. The summed E-state index contributed by atoms with van der Waals surface area (Å²) >= 11 is 10.9. The summed E-state index contributed by atoms with van der Waals surface area (Å²) in [7, 11) is 0. The Morgan fingerprint density at radius 2 is 2.44 bits per heavy atom. The van der Waals surface area contributed by atoms with Crippen LogP contribution in [0.15, 0.2) is 33.4 Å². The lowest BCUT2D eigenvalue weighted by Crippen LogP contribution is -2.16. The molecule has 2 rings (SSSR count). The molecule has 2 aromatic heterocycles. The molecule has 0 amide bonds. The first kappa shape index (κ1) is 12.2. The van der Waals surface area contributed by atoms with E-state index >= 15 is 0 Å². The van der Waals surface area contributed by atoms with Crippen molar-refractivity contribution >= 4 is 38.9 Å². The summed E-state index contributed by atoms with van der Waals surface area (Å²) in [6.45, 7) is 2.86. The fraction of sp³-hybridized carbons (Fsp3) is 0.273. The van der Waals surface area contributed by atoms with Crippen molar-refractivity contribution in [1.82, 2.24) is 5.32 Å². The summed E-state index contributed by atoms with van der Waals surface area (Å²) < 4.78 is 7.07. The highest BCUT2D eigenvalue weighted by Gasteiger charge is 2.09. The molecule has 0 saturated heterocycles. The minimum absolute atomic E-state index is 0.203. The molecule has 0 aliphatic carbocycles. The predicted molar refractivity (Wildman–Crippen MR) is 71.0 cm³/mol. The van der Waals surface area contributed by atoms with E-state index < -0.39 is 0 Å². The molecule has 0 spiro atoms. The molecule has 0 aliphatic heterocycles. The fourth-order valence-electron chi connectivity index (χ4n) is 1.37. The smallest absolute Gasteiger partial charge is 0.120 e. The molecule has 2 nitrogen and oxygen atoms in total. The van der Waals surface area contributed by atoms with Gasteiger partial charge in [0, 0.05) is 15.9 Å². The fourth-order valence-corrected chi connectivity index (χ4v) is 3.11. The molecule has 0 radical (unpaired) electrons. The van der Waals surface area contributed by atoms with Gasteiger partial charge in [0.15, 0.2) is 0 Å². The second-order valence-corrected chi connectivity index (χ2v) is 6.05. The van der Waals surface area contributed by atoms with Crippen LogP contribution in [-0.2, 0) is 6.54 Å². The standard InChI is InChI=1S/C11H11BrClNOS/c1-7(10-3-2-4-15-10)14-6-8-5-9(12)11(13)16-8/h2-5,7,14H,6H2,1H3/t7-/m0/s1. The normalized spacial score (nSPS) is 12.9. The second-order valence-electron chi connectivity index (χ2n) is 3.45. The maximum atomic E-state index is 5.97. The molecule has 0 fully saturated rings. The average molecular weight is 321 g/mol. The van der Waals surface area contributed by atoms with E-state index in [0.29, 0.717) is 0 Å². The number of nitrogens with one attached hydrogen (secondary N) is 1. The lowest BCUT2D eigenvalue weighted by atomic mass is 10.2. The summed E-state index contributed by atoms with van der Waals surface area (Å²) in [5.41, 5.74) is 0. The van der Waals surface area contributed by atoms with Gasteiger partial charge in [-0.25, -0.2) is 0 Å². The SMILES string of the molecule is C[C@H](NCc1cc(Br)c(Cl)s1)c1ccco1. The number of hydrogen-bond acceptors (Lipinski definition) is 3. The van der Waals surface area contributed by atoms with Crippen molar-refractivity contribution in [2.75, 3.05) is 0 Å². The lowest BCUT2D eigenvalue weighted by Gasteiger charge is -2.09. The van der Waals surface area contributed by atoms with Crippen LogP contribution in [0.25, 0.3) is 0 Å².